The minimum absolute atomic E-state index is 0.101. The molecule has 0 aliphatic heterocycles. The van der Waals surface area contributed by atoms with E-state index in [0.717, 1.165) is 12.8 Å². The van der Waals surface area contributed by atoms with Gasteiger partial charge in [0.2, 0.25) is 5.91 Å². The molecule has 0 bridgehead atoms. The highest BCUT2D eigenvalue weighted by molar-refractivity contribution is 5.84. The SMILES string of the molecule is CCCNC(=O)CNC(=O)NC1CCCC1C(=O)O. The first-order valence-electron chi connectivity index (χ1n) is 6.58. The number of hydrogen-bond donors (Lipinski definition) is 4. The Labute approximate surface area is 112 Å². The number of carboxylic acid groups (broad SMARTS) is 1. The van der Waals surface area contributed by atoms with Crippen molar-refractivity contribution in [3.8, 4) is 0 Å². The standard InChI is InChI=1S/C12H21N3O4/c1-2-6-13-10(16)7-14-12(19)15-9-5-3-4-8(9)11(17)18/h8-9H,2-7H2,1H3,(H,13,16)(H,17,18)(H2,14,15,19). The maximum absolute atomic E-state index is 11.6. The number of nitrogens with one attached hydrogen (secondary N) is 3. The smallest absolute Gasteiger partial charge is 0.315 e. The molecule has 2 unspecified atom stereocenters. The molecule has 0 aromatic heterocycles. The summed E-state index contributed by atoms with van der Waals surface area (Å²) in [6.45, 7) is 2.41. The number of carbonyl (C=O) groups excluding carboxylic acids is 2. The Bertz CT molecular complexity index is 346. The first-order chi connectivity index (χ1) is 9.04. The molecule has 7 heteroatoms. The molecule has 0 aromatic rings. The summed E-state index contributed by atoms with van der Waals surface area (Å²) in [5.74, 6) is -1.67. The van der Waals surface area contributed by atoms with Crippen molar-refractivity contribution in [3.63, 3.8) is 0 Å². The van der Waals surface area contributed by atoms with Gasteiger partial charge in [-0.25, -0.2) is 4.79 Å². The van der Waals surface area contributed by atoms with E-state index in [1.54, 1.807) is 0 Å². The number of urea groups is 1. The summed E-state index contributed by atoms with van der Waals surface area (Å²) in [6, 6.07) is -0.846. The Hall–Kier alpha value is -1.79. The summed E-state index contributed by atoms with van der Waals surface area (Å²) in [5, 5.41) is 16.6. The van der Waals surface area contributed by atoms with Crippen LogP contribution in [-0.2, 0) is 9.59 Å². The molecule has 1 saturated carbocycles. The number of carbonyl (C=O) groups is 3. The Balaban J connectivity index is 2.27. The normalized spacial score (nSPS) is 21.7. The van der Waals surface area contributed by atoms with Gasteiger partial charge in [0.1, 0.15) is 0 Å². The molecule has 2 atom stereocenters. The van der Waals surface area contributed by atoms with Crippen molar-refractivity contribution in [1.82, 2.24) is 16.0 Å². The summed E-state index contributed by atoms with van der Waals surface area (Å²) in [7, 11) is 0. The molecule has 3 amide bonds. The van der Waals surface area contributed by atoms with Gasteiger partial charge in [0, 0.05) is 12.6 Å². The number of carboxylic acids is 1. The van der Waals surface area contributed by atoms with Crippen LogP contribution in [0.3, 0.4) is 0 Å². The van der Waals surface area contributed by atoms with Crippen LogP contribution in [0.25, 0.3) is 0 Å². The van der Waals surface area contributed by atoms with E-state index < -0.39 is 17.9 Å². The molecule has 0 radical (unpaired) electrons. The van der Waals surface area contributed by atoms with Crippen molar-refractivity contribution in [2.45, 2.75) is 38.6 Å². The van der Waals surface area contributed by atoms with Crippen molar-refractivity contribution in [3.05, 3.63) is 0 Å². The summed E-state index contributed by atoms with van der Waals surface area (Å²) < 4.78 is 0. The highest BCUT2D eigenvalue weighted by Gasteiger charge is 2.33. The molecule has 19 heavy (non-hydrogen) atoms. The van der Waals surface area contributed by atoms with E-state index in [9.17, 15) is 14.4 Å². The van der Waals surface area contributed by atoms with E-state index in [-0.39, 0.29) is 18.5 Å². The largest absolute Gasteiger partial charge is 0.481 e. The summed E-state index contributed by atoms with van der Waals surface area (Å²) >= 11 is 0. The molecule has 1 aliphatic carbocycles. The maximum atomic E-state index is 11.6. The zero-order chi connectivity index (χ0) is 14.3. The van der Waals surface area contributed by atoms with Gasteiger partial charge in [-0.1, -0.05) is 13.3 Å². The minimum atomic E-state index is -0.886. The zero-order valence-electron chi connectivity index (χ0n) is 11.1. The van der Waals surface area contributed by atoms with E-state index in [4.69, 9.17) is 5.11 Å². The molecule has 0 spiro atoms. The Morgan fingerprint density at radius 2 is 1.95 bits per heavy atom. The molecule has 7 nitrogen and oxygen atoms in total. The van der Waals surface area contributed by atoms with Gasteiger partial charge >= 0.3 is 12.0 Å². The van der Waals surface area contributed by atoms with E-state index >= 15 is 0 Å². The predicted octanol–water partition coefficient (Wildman–Crippen LogP) is 0.0651. The van der Waals surface area contributed by atoms with E-state index in [1.807, 2.05) is 6.92 Å². The first-order valence-corrected chi connectivity index (χ1v) is 6.58. The summed E-state index contributed by atoms with van der Waals surface area (Å²) in [5.41, 5.74) is 0. The van der Waals surface area contributed by atoms with Crippen LogP contribution in [0.4, 0.5) is 4.79 Å². The quantitative estimate of drug-likeness (QED) is 0.548. The lowest BCUT2D eigenvalue weighted by Crippen LogP contribution is -2.47. The van der Waals surface area contributed by atoms with Gasteiger partial charge in [0.05, 0.1) is 12.5 Å². The predicted molar refractivity (Wildman–Crippen MR) is 68.6 cm³/mol. The second-order valence-electron chi connectivity index (χ2n) is 4.66. The average molecular weight is 271 g/mol. The lowest BCUT2D eigenvalue weighted by Gasteiger charge is -2.17. The van der Waals surface area contributed by atoms with Crippen LogP contribution in [-0.4, -0.2) is 42.1 Å². The van der Waals surface area contributed by atoms with Crippen LogP contribution in [0.5, 0.6) is 0 Å². The first kappa shape index (κ1) is 15.3. The molecule has 108 valence electrons. The average Bonchev–Trinajstić information content (AvgIpc) is 2.82. The van der Waals surface area contributed by atoms with Crippen LogP contribution >= 0.6 is 0 Å². The second kappa shape index (κ2) is 7.60. The third-order valence-corrected chi connectivity index (χ3v) is 3.13. The fourth-order valence-electron chi connectivity index (χ4n) is 2.14. The number of rotatable bonds is 6. The fourth-order valence-corrected chi connectivity index (χ4v) is 2.14. The molecule has 0 heterocycles. The zero-order valence-corrected chi connectivity index (χ0v) is 11.1. The van der Waals surface area contributed by atoms with Crippen molar-refractivity contribution in [1.29, 1.82) is 0 Å². The maximum Gasteiger partial charge on any atom is 0.315 e. The Morgan fingerprint density at radius 1 is 1.21 bits per heavy atom. The second-order valence-corrected chi connectivity index (χ2v) is 4.66. The molecular weight excluding hydrogens is 250 g/mol. The van der Waals surface area contributed by atoms with Crippen LogP contribution in [0.1, 0.15) is 32.6 Å². The number of aliphatic carboxylic acids is 1. The Morgan fingerprint density at radius 3 is 2.58 bits per heavy atom. The molecule has 1 aliphatic rings. The van der Waals surface area contributed by atoms with Gasteiger partial charge in [-0.15, -0.1) is 0 Å². The van der Waals surface area contributed by atoms with E-state index in [1.165, 1.54) is 0 Å². The molecule has 4 N–H and O–H groups in total. The highest BCUT2D eigenvalue weighted by Crippen LogP contribution is 2.25. The molecular formula is C12H21N3O4. The topological polar surface area (TPSA) is 108 Å². The van der Waals surface area contributed by atoms with E-state index in [2.05, 4.69) is 16.0 Å². The van der Waals surface area contributed by atoms with Gasteiger partial charge in [-0.3, -0.25) is 9.59 Å². The number of hydrogen-bond acceptors (Lipinski definition) is 3. The van der Waals surface area contributed by atoms with Gasteiger partial charge in [0.25, 0.3) is 0 Å². The van der Waals surface area contributed by atoms with Gasteiger partial charge in [-0.05, 0) is 19.3 Å². The third kappa shape index (κ3) is 5.15. The minimum Gasteiger partial charge on any atom is -0.481 e. The van der Waals surface area contributed by atoms with Crippen LogP contribution in [0, 0.1) is 5.92 Å². The van der Waals surface area contributed by atoms with Gasteiger partial charge in [0.15, 0.2) is 0 Å². The lowest BCUT2D eigenvalue weighted by atomic mass is 10.0. The van der Waals surface area contributed by atoms with Crippen molar-refractivity contribution < 1.29 is 19.5 Å². The fraction of sp³-hybridized carbons (Fsp3) is 0.750. The van der Waals surface area contributed by atoms with Crippen LogP contribution < -0.4 is 16.0 Å². The lowest BCUT2D eigenvalue weighted by molar-refractivity contribution is -0.142. The van der Waals surface area contributed by atoms with Gasteiger partial charge in [-0.2, -0.15) is 0 Å². The van der Waals surface area contributed by atoms with E-state index in [0.29, 0.717) is 19.4 Å². The van der Waals surface area contributed by atoms with Crippen molar-refractivity contribution in [2.75, 3.05) is 13.1 Å². The summed E-state index contributed by atoms with van der Waals surface area (Å²) in [6.07, 6.45) is 2.86. The number of amides is 3. The summed E-state index contributed by atoms with van der Waals surface area (Å²) in [4.78, 5) is 33.8. The molecule has 0 saturated heterocycles. The monoisotopic (exact) mass is 271 g/mol. The molecule has 1 fully saturated rings. The molecule has 1 rings (SSSR count). The van der Waals surface area contributed by atoms with Crippen molar-refractivity contribution in [2.24, 2.45) is 5.92 Å². The van der Waals surface area contributed by atoms with Crippen LogP contribution in [0.15, 0.2) is 0 Å². The molecule has 0 aromatic carbocycles. The van der Waals surface area contributed by atoms with Gasteiger partial charge < -0.3 is 21.1 Å². The van der Waals surface area contributed by atoms with Crippen LogP contribution in [0.2, 0.25) is 0 Å². The van der Waals surface area contributed by atoms with Crippen molar-refractivity contribution >= 4 is 17.9 Å². The Kier molecular flexibility index (Phi) is 6.11. The highest BCUT2D eigenvalue weighted by atomic mass is 16.4. The third-order valence-electron chi connectivity index (χ3n) is 3.13.